The highest BCUT2D eigenvalue weighted by atomic mass is 16.8. The van der Waals surface area contributed by atoms with Gasteiger partial charge in [-0.3, -0.25) is 0 Å². The molecular formula is C15H18O5. The highest BCUT2D eigenvalue weighted by Crippen LogP contribution is 2.37. The van der Waals surface area contributed by atoms with E-state index in [1.54, 1.807) is 24.3 Å². The van der Waals surface area contributed by atoms with Crippen LogP contribution in [0.25, 0.3) is 0 Å². The molecule has 0 amide bonds. The molecule has 0 aliphatic carbocycles. The predicted molar refractivity (Wildman–Crippen MR) is 70.0 cm³/mol. The van der Waals surface area contributed by atoms with Crippen molar-refractivity contribution in [2.45, 2.75) is 44.6 Å². The first-order valence-electron chi connectivity index (χ1n) is 6.77. The van der Waals surface area contributed by atoms with Crippen molar-refractivity contribution < 1.29 is 23.7 Å². The Morgan fingerprint density at radius 1 is 1.30 bits per heavy atom. The Bertz CT molecular complexity index is 468. The Hall–Kier alpha value is -1.43. The van der Waals surface area contributed by atoms with Crippen LogP contribution >= 0.6 is 0 Å². The maximum absolute atomic E-state index is 11.8. The fourth-order valence-corrected chi connectivity index (χ4v) is 2.52. The molecule has 3 rings (SSSR count). The van der Waals surface area contributed by atoms with Gasteiger partial charge in [0.25, 0.3) is 0 Å². The molecule has 2 saturated heterocycles. The molecule has 108 valence electrons. The molecule has 0 aromatic heterocycles. The molecule has 0 radical (unpaired) electrons. The van der Waals surface area contributed by atoms with E-state index in [9.17, 15) is 4.79 Å². The number of fused-ring (bicyclic) bond motifs is 1. The second kappa shape index (κ2) is 5.16. The van der Waals surface area contributed by atoms with Gasteiger partial charge >= 0.3 is 5.97 Å². The van der Waals surface area contributed by atoms with Crippen LogP contribution in [0, 0.1) is 0 Å². The zero-order valence-corrected chi connectivity index (χ0v) is 11.6. The van der Waals surface area contributed by atoms with Gasteiger partial charge in [-0.05, 0) is 26.0 Å². The SMILES string of the molecule is CC1(C)O[C@@H]2O[C@H](COC(=O)c3ccccc3)C[C@@H]2O1. The molecule has 5 heteroatoms. The van der Waals surface area contributed by atoms with Gasteiger partial charge in [-0.1, -0.05) is 18.2 Å². The summed E-state index contributed by atoms with van der Waals surface area (Å²) in [5.41, 5.74) is 0.541. The van der Waals surface area contributed by atoms with Gasteiger partial charge in [0, 0.05) is 6.42 Å². The van der Waals surface area contributed by atoms with Crippen molar-refractivity contribution >= 4 is 5.97 Å². The molecule has 0 spiro atoms. The lowest BCUT2D eigenvalue weighted by Gasteiger charge is -2.20. The van der Waals surface area contributed by atoms with Crippen LogP contribution in [0.15, 0.2) is 30.3 Å². The molecule has 3 atom stereocenters. The number of ether oxygens (including phenoxy) is 4. The number of hydrogen-bond donors (Lipinski definition) is 0. The molecule has 0 bridgehead atoms. The Morgan fingerprint density at radius 2 is 2.05 bits per heavy atom. The number of carbonyl (C=O) groups is 1. The first kappa shape index (κ1) is 13.5. The minimum Gasteiger partial charge on any atom is -0.459 e. The van der Waals surface area contributed by atoms with E-state index < -0.39 is 5.79 Å². The molecule has 1 aromatic carbocycles. The van der Waals surface area contributed by atoms with Crippen molar-refractivity contribution in [1.29, 1.82) is 0 Å². The molecule has 20 heavy (non-hydrogen) atoms. The van der Waals surface area contributed by atoms with E-state index in [-0.39, 0.29) is 31.1 Å². The Labute approximate surface area is 117 Å². The summed E-state index contributed by atoms with van der Waals surface area (Å²) < 4.78 is 22.3. The highest BCUT2D eigenvalue weighted by molar-refractivity contribution is 5.89. The van der Waals surface area contributed by atoms with Crippen molar-refractivity contribution in [3.05, 3.63) is 35.9 Å². The van der Waals surface area contributed by atoms with Crippen LogP contribution < -0.4 is 0 Å². The molecule has 1 aromatic rings. The fraction of sp³-hybridized carbons (Fsp3) is 0.533. The zero-order chi connectivity index (χ0) is 14.2. The van der Waals surface area contributed by atoms with E-state index in [1.165, 1.54) is 0 Å². The molecule has 2 heterocycles. The van der Waals surface area contributed by atoms with Gasteiger partial charge < -0.3 is 18.9 Å². The van der Waals surface area contributed by atoms with Crippen LogP contribution in [-0.4, -0.2) is 36.9 Å². The largest absolute Gasteiger partial charge is 0.459 e. The summed E-state index contributed by atoms with van der Waals surface area (Å²) >= 11 is 0. The van der Waals surface area contributed by atoms with Gasteiger partial charge in [0.15, 0.2) is 12.1 Å². The zero-order valence-electron chi connectivity index (χ0n) is 11.6. The van der Waals surface area contributed by atoms with E-state index in [1.807, 2.05) is 19.9 Å². The lowest BCUT2D eigenvalue weighted by atomic mass is 10.2. The van der Waals surface area contributed by atoms with Gasteiger partial charge in [0.05, 0.1) is 11.7 Å². The topological polar surface area (TPSA) is 54.0 Å². The lowest BCUT2D eigenvalue weighted by Crippen LogP contribution is -2.26. The summed E-state index contributed by atoms with van der Waals surface area (Å²) in [5, 5.41) is 0. The van der Waals surface area contributed by atoms with Crippen LogP contribution in [0.4, 0.5) is 0 Å². The van der Waals surface area contributed by atoms with Crippen LogP contribution in [0.2, 0.25) is 0 Å². The van der Waals surface area contributed by atoms with E-state index in [0.717, 1.165) is 0 Å². The predicted octanol–water partition coefficient (Wildman–Crippen LogP) is 2.11. The lowest BCUT2D eigenvalue weighted by molar-refractivity contribution is -0.207. The van der Waals surface area contributed by atoms with E-state index in [2.05, 4.69) is 0 Å². The van der Waals surface area contributed by atoms with E-state index >= 15 is 0 Å². The fourth-order valence-electron chi connectivity index (χ4n) is 2.52. The van der Waals surface area contributed by atoms with Crippen molar-refractivity contribution in [2.24, 2.45) is 0 Å². The number of benzene rings is 1. The Kier molecular flexibility index (Phi) is 3.50. The van der Waals surface area contributed by atoms with Crippen molar-refractivity contribution in [3.63, 3.8) is 0 Å². The standard InChI is InChI=1S/C15H18O5/c1-15(2)19-12-8-11(18-14(12)20-15)9-17-13(16)10-6-4-3-5-7-10/h3-7,11-12,14H,8-9H2,1-2H3/t11-,12-,14-/m0/s1. The summed E-state index contributed by atoms with van der Waals surface area (Å²) in [6.07, 6.45) is 0.0699. The molecular weight excluding hydrogens is 260 g/mol. The number of hydrogen-bond acceptors (Lipinski definition) is 5. The summed E-state index contributed by atoms with van der Waals surface area (Å²) in [4.78, 5) is 11.8. The minimum atomic E-state index is -0.596. The monoisotopic (exact) mass is 278 g/mol. The minimum absolute atomic E-state index is 0.0783. The summed E-state index contributed by atoms with van der Waals surface area (Å²) in [6.45, 7) is 3.94. The third kappa shape index (κ3) is 2.85. The van der Waals surface area contributed by atoms with Crippen molar-refractivity contribution in [1.82, 2.24) is 0 Å². The van der Waals surface area contributed by atoms with Crippen LogP contribution in [-0.2, 0) is 18.9 Å². The maximum atomic E-state index is 11.8. The summed E-state index contributed by atoms with van der Waals surface area (Å²) in [7, 11) is 0. The molecule has 2 fully saturated rings. The Morgan fingerprint density at radius 3 is 2.75 bits per heavy atom. The highest BCUT2D eigenvalue weighted by Gasteiger charge is 2.48. The second-order valence-electron chi connectivity index (χ2n) is 5.50. The number of rotatable bonds is 3. The number of carbonyl (C=O) groups excluding carboxylic acids is 1. The van der Waals surface area contributed by atoms with Crippen molar-refractivity contribution in [2.75, 3.05) is 6.61 Å². The van der Waals surface area contributed by atoms with E-state index in [0.29, 0.717) is 12.0 Å². The maximum Gasteiger partial charge on any atom is 0.338 e. The average molecular weight is 278 g/mol. The molecule has 0 N–H and O–H groups in total. The van der Waals surface area contributed by atoms with Crippen molar-refractivity contribution in [3.8, 4) is 0 Å². The quantitative estimate of drug-likeness (QED) is 0.793. The van der Waals surface area contributed by atoms with E-state index in [4.69, 9.17) is 18.9 Å². The van der Waals surface area contributed by atoms with Gasteiger partial charge in [-0.15, -0.1) is 0 Å². The first-order valence-corrected chi connectivity index (χ1v) is 6.77. The Balaban J connectivity index is 1.49. The molecule has 5 nitrogen and oxygen atoms in total. The van der Waals surface area contributed by atoms with Crippen LogP contribution in [0.3, 0.4) is 0 Å². The smallest absolute Gasteiger partial charge is 0.338 e. The third-order valence-electron chi connectivity index (χ3n) is 3.37. The van der Waals surface area contributed by atoms with Crippen LogP contribution in [0.1, 0.15) is 30.6 Å². The number of esters is 1. The molecule has 0 unspecified atom stereocenters. The third-order valence-corrected chi connectivity index (χ3v) is 3.37. The van der Waals surface area contributed by atoms with Gasteiger partial charge in [-0.25, -0.2) is 4.79 Å². The molecule has 0 saturated carbocycles. The summed E-state index contributed by atoms with van der Waals surface area (Å²) in [6, 6.07) is 8.91. The van der Waals surface area contributed by atoms with Gasteiger partial charge in [0.2, 0.25) is 0 Å². The first-order chi connectivity index (χ1) is 9.53. The molecule has 2 aliphatic rings. The van der Waals surface area contributed by atoms with Gasteiger partial charge in [-0.2, -0.15) is 0 Å². The van der Waals surface area contributed by atoms with Crippen LogP contribution in [0.5, 0.6) is 0 Å². The molecule has 2 aliphatic heterocycles. The second-order valence-corrected chi connectivity index (χ2v) is 5.50. The van der Waals surface area contributed by atoms with Gasteiger partial charge in [0.1, 0.15) is 12.7 Å². The summed E-state index contributed by atoms with van der Waals surface area (Å²) in [5.74, 6) is -0.936. The average Bonchev–Trinajstić information content (AvgIpc) is 2.90. The normalized spacial score (nSPS) is 31.0.